The topological polar surface area (TPSA) is 68.1 Å². The zero-order valence-corrected chi connectivity index (χ0v) is 13.6. The van der Waals surface area contributed by atoms with E-state index in [1.54, 1.807) is 19.2 Å². The number of fused-ring (bicyclic) bond motifs is 1. The van der Waals surface area contributed by atoms with Crippen LogP contribution in [-0.2, 0) is 20.5 Å². The molecule has 1 aliphatic rings. The maximum Gasteiger partial charge on any atom is 0.330 e. The molecular formula is C17H19FN4O2. The SMILES string of the molecule is Cn1c2c(c(=O)n(C)c1=O)N/C(Nc1cccc(F)c1)=C/CCC2. The van der Waals surface area contributed by atoms with Crippen LogP contribution in [0.4, 0.5) is 15.8 Å². The number of anilines is 2. The zero-order valence-electron chi connectivity index (χ0n) is 13.6. The van der Waals surface area contributed by atoms with Gasteiger partial charge in [-0.05, 0) is 43.5 Å². The Bertz CT molecular complexity index is 927. The number of halogens is 1. The average molecular weight is 330 g/mol. The van der Waals surface area contributed by atoms with Crippen molar-refractivity contribution >= 4 is 11.4 Å². The van der Waals surface area contributed by atoms with Gasteiger partial charge in [-0.15, -0.1) is 0 Å². The van der Waals surface area contributed by atoms with E-state index in [-0.39, 0.29) is 17.1 Å². The molecule has 126 valence electrons. The lowest BCUT2D eigenvalue weighted by atomic mass is 10.1. The maximum absolute atomic E-state index is 13.3. The number of hydrogen-bond acceptors (Lipinski definition) is 4. The van der Waals surface area contributed by atoms with Crippen LogP contribution in [0.25, 0.3) is 0 Å². The molecule has 0 radical (unpaired) electrons. The molecule has 1 aliphatic heterocycles. The Morgan fingerprint density at radius 3 is 2.75 bits per heavy atom. The van der Waals surface area contributed by atoms with Gasteiger partial charge in [0.15, 0.2) is 0 Å². The molecule has 1 aromatic heterocycles. The molecule has 3 rings (SSSR count). The van der Waals surface area contributed by atoms with Gasteiger partial charge in [-0.1, -0.05) is 6.07 Å². The van der Waals surface area contributed by atoms with E-state index < -0.39 is 0 Å². The Hall–Kier alpha value is -2.83. The highest BCUT2D eigenvalue weighted by Gasteiger charge is 2.17. The van der Waals surface area contributed by atoms with E-state index in [4.69, 9.17) is 0 Å². The van der Waals surface area contributed by atoms with Crippen LogP contribution < -0.4 is 21.9 Å². The molecule has 0 bridgehead atoms. The molecule has 0 atom stereocenters. The highest BCUT2D eigenvalue weighted by Crippen LogP contribution is 2.19. The van der Waals surface area contributed by atoms with Gasteiger partial charge in [-0.25, -0.2) is 9.18 Å². The second-order valence-corrected chi connectivity index (χ2v) is 5.80. The lowest BCUT2D eigenvalue weighted by Gasteiger charge is -2.21. The molecule has 6 nitrogen and oxygen atoms in total. The molecule has 0 amide bonds. The van der Waals surface area contributed by atoms with Gasteiger partial charge in [0.05, 0.1) is 5.69 Å². The molecule has 2 aromatic rings. The van der Waals surface area contributed by atoms with Crippen LogP contribution in [0.1, 0.15) is 18.5 Å². The third kappa shape index (κ3) is 2.97. The van der Waals surface area contributed by atoms with Crippen LogP contribution in [0.5, 0.6) is 0 Å². The molecule has 0 spiro atoms. The number of allylic oxidation sites excluding steroid dienone is 1. The summed E-state index contributed by atoms with van der Waals surface area (Å²) in [5.74, 6) is 0.252. The van der Waals surface area contributed by atoms with E-state index in [1.165, 1.54) is 23.7 Å². The zero-order chi connectivity index (χ0) is 17.3. The van der Waals surface area contributed by atoms with E-state index in [0.717, 1.165) is 17.4 Å². The molecule has 0 saturated carbocycles. The molecular weight excluding hydrogens is 311 g/mol. The lowest BCUT2D eigenvalue weighted by molar-refractivity contribution is 0.628. The minimum absolute atomic E-state index is 0.342. The van der Waals surface area contributed by atoms with E-state index in [1.807, 2.05) is 6.08 Å². The van der Waals surface area contributed by atoms with Gasteiger partial charge in [0, 0.05) is 19.8 Å². The van der Waals surface area contributed by atoms with Crippen LogP contribution in [0.3, 0.4) is 0 Å². The second kappa shape index (κ2) is 6.35. The highest BCUT2D eigenvalue weighted by atomic mass is 19.1. The predicted molar refractivity (Wildman–Crippen MR) is 91.6 cm³/mol. The summed E-state index contributed by atoms with van der Waals surface area (Å²) in [7, 11) is 3.11. The van der Waals surface area contributed by atoms with Crippen LogP contribution in [0, 0.1) is 5.82 Å². The first-order chi connectivity index (χ1) is 11.5. The maximum atomic E-state index is 13.3. The molecule has 2 N–H and O–H groups in total. The average Bonchev–Trinajstić information content (AvgIpc) is 2.54. The van der Waals surface area contributed by atoms with E-state index in [0.29, 0.717) is 29.3 Å². The molecule has 7 heteroatoms. The van der Waals surface area contributed by atoms with E-state index >= 15 is 0 Å². The number of rotatable bonds is 2. The number of hydrogen-bond donors (Lipinski definition) is 2. The van der Waals surface area contributed by atoms with Crippen molar-refractivity contribution in [2.45, 2.75) is 19.3 Å². The van der Waals surface area contributed by atoms with Crippen molar-refractivity contribution in [3.8, 4) is 0 Å². The molecule has 0 aliphatic carbocycles. The quantitative estimate of drug-likeness (QED) is 0.883. The normalized spacial score (nSPS) is 16.2. The Morgan fingerprint density at radius 1 is 1.21 bits per heavy atom. The van der Waals surface area contributed by atoms with Gasteiger partial charge in [0.25, 0.3) is 5.56 Å². The summed E-state index contributed by atoms with van der Waals surface area (Å²) in [5.41, 5.74) is 0.911. The first-order valence-corrected chi connectivity index (χ1v) is 7.76. The smallest absolute Gasteiger partial charge is 0.330 e. The fourth-order valence-corrected chi connectivity index (χ4v) is 2.81. The van der Waals surface area contributed by atoms with E-state index in [2.05, 4.69) is 10.6 Å². The monoisotopic (exact) mass is 330 g/mol. The third-order valence-electron chi connectivity index (χ3n) is 4.12. The minimum atomic E-state index is -0.373. The van der Waals surface area contributed by atoms with Gasteiger partial charge >= 0.3 is 5.69 Å². The van der Waals surface area contributed by atoms with Crippen LogP contribution in [0.2, 0.25) is 0 Å². The van der Waals surface area contributed by atoms with E-state index in [9.17, 15) is 14.0 Å². The molecule has 0 saturated heterocycles. The van der Waals surface area contributed by atoms with Crippen molar-refractivity contribution in [1.82, 2.24) is 9.13 Å². The van der Waals surface area contributed by atoms with Gasteiger partial charge in [-0.3, -0.25) is 13.9 Å². The van der Waals surface area contributed by atoms with Crippen molar-refractivity contribution in [2.24, 2.45) is 14.1 Å². The number of aromatic nitrogens is 2. The first-order valence-electron chi connectivity index (χ1n) is 7.76. The Kier molecular flexibility index (Phi) is 4.24. The second-order valence-electron chi connectivity index (χ2n) is 5.80. The molecule has 24 heavy (non-hydrogen) atoms. The van der Waals surface area contributed by atoms with Crippen LogP contribution in [0.15, 0.2) is 45.8 Å². The number of nitrogens with one attached hydrogen (secondary N) is 2. The van der Waals surface area contributed by atoms with Gasteiger partial charge < -0.3 is 10.6 Å². The van der Waals surface area contributed by atoms with Crippen LogP contribution in [-0.4, -0.2) is 9.13 Å². The predicted octanol–water partition coefficient (Wildman–Crippen LogP) is 1.92. The summed E-state index contributed by atoms with van der Waals surface area (Å²) in [6.07, 6.45) is 4.14. The standard InChI is InChI=1S/C17H19FN4O2/c1-21-13-8-3-4-9-14(19-12-7-5-6-11(18)10-12)20-15(13)16(23)22(2)17(21)24/h5-7,9-10,19-20H,3-4,8H2,1-2H3/b14-9+. The summed E-state index contributed by atoms with van der Waals surface area (Å²) >= 11 is 0. The molecule has 2 heterocycles. The first kappa shape index (κ1) is 16.0. The summed E-state index contributed by atoms with van der Waals surface area (Å²) < 4.78 is 15.9. The van der Waals surface area contributed by atoms with Crippen LogP contribution >= 0.6 is 0 Å². The number of benzene rings is 1. The molecule has 0 unspecified atom stereocenters. The fourth-order valence-electron chi connectivity index (χ4n) is 2.81. The molecule has 1 aromatic carbocycles. The van der Waals surface area contributed by atoms with Gasteiger partial charge in [-0.2, -0.15) is 0 Å². The van der Waals surface area contributed by atoms with Crippen molar-refractivity contribution in [1.29, 1.82) is 0 Å². The summed E-state index contributed by atoms with van der Waals surface area (Å²) in [6.45, 7) is 0. The lowest BCUT2D eigenvalue weighted by Crippen LogP contribution is -2.40. The van der Waals surface area contributed by atoms with Crippen molar-refractivity contribution in [3.05, 3.63) is 68.5 Å². The Morgan fingerprint density at radius 2 is 2.00 bits per heavy atom. The third-order valence-corrected chi connectivity index (χ3v) is 4.12. The Labute approximate surface area is 138 Å². The summed E-state index contributed by atoms with van der Waals surface area (Å²) in [5, 5.41) is 6.16. The summed E-state index contributed by atoms with van der Waals surface area (Å²) in [6, 6.07) is 6.09. The van der Waals surface area contributed by atoms with Gasteiger partial charge in [0.2, 0.25) is 0 Å². The van der Waals surface area contributed by atoms with Crippen molar-refractivity contribution in [2.75, 3.05) is 10.6 Å². The fraction of sp³-hybridized carbons (Fsp3) is 0.294. The minimum Gasteiger partial charge on any atom is -0.342 e. The molecule has 0 fully saturated rings. The van der Waals surface area contributed by atoms with Gasteiger partial charge in [0.1, 0.15) is 17.3 Å². The Balaban J connectivity index is 2.01. The summed E-state index contributed by atoms with van der Waals surface area (Å²) in [4.78, 5) is 24.6. The van der Waals surface area contributed by atoms with Crippen molar-refractivity contribution in [3.63, 3.8) is 0 Å². The number of nitrogens with zero attached hydrogens (tertiary/aromatic N) is 2. The van der Waals surface area contributed by atoms with Crippen molar-refractivity contribution < 1.29 is 4.39 Å². The highest BCUT2D eigenvalue weighted by molar-refractivity contribution is 5.57. The largest absolute Gasteiger partial charge is 0.342 e.